The van der Waals surface area contributed by atoms with Crippen LogP contribution in [0.15, 0.2) is 12.3 Å². The predicted octanol–water partition coefficient (Wildman–Crippen LogP) is 1.06. The quantitative estimate of drug-likeness (QED) is 0.773. The molecule has 0 bridgehead atoms. The summed E-state index contributed by atoms with van der Waals surface area (Å²) in [4.78, 5) is 17.1. The van der Waals surface area contributed by atoms with E-state index in [0.717, 1.165) is 24.9 Å². The lowest BCUT2D eigenvalue weighted by Gasteiger charge is -2.23. The molecule has 0 aliphatic rings. The lowest BCUT2D eigenvalue weighted by molar-refractivity contribution is -0.116. The molecule has 5 heteroatoms. The molecule has 4 N–H and O–H groups in total. The van der Waals surface area contributed by atoms with E-state index in [1.807, 2.05) is 17.9 Å². The molecule has 0 unspecified atom stereocenters. The topological polar surface area (TPSA) is 85.2 Å². The molecule has 0 aromatic carbocycles. The number of hydrogen-bond acceptors (Lipinski definition) is 4. The third-order valence-electron chi connectivity index (χ3n) is 2.46. The second-order valence-electron chi connectivity index (χ2n) is 4.17. The van der Waals surface area contributed by atoms with E-state index < -0.39 is 0 Å². The normalized spacial score (nSPS) is 10.2. The first-order valence-corrected chi connectivity index (χ1v) is 5.80. The summed E-state index contributed by atoms with van der Waals surface area (Å²) in [5.74, 6) is 0.269. The highest BCUT2D eigenvalue weighted by atomic mass is 16.1. The third kappa shape index (κ3) is 3.94. The van der Waals surface area contributed by atoms with Gasteiger partial charge < -0.3 is 16.4 Å². The molecular weight excluding hydrogens is 216 g/mol. The summed E-state index contributed by atoms with van der Waals surface area (Å²) in [6.45, 7) is 4.91. The summed E-state index contributed by atoms with van der Waals surface area (Å²) in [5, 5.41) is 0. The van der Waals surface area contributed by atoms with Crippen LogP contribution in [-0.2, 0) is 4.79 Å². The Balaban J connectivity index is 2.90. The Morgan fingerprint density at radius 3 is 2.76 bits per heavy atom. The average Bonchev–Trinajstić information content (AvgIpc) is 2.24. The van der Waals surface area contributed by atoms with E-state index in [9.17, 15) is 4.79 Å². The second kappa shape index (κ2) is 6.08. The largest absolute Gasteiger partial charge is 0.396 e. The molecule has 0 aliphatic carbocycles. The number of primary amides is 1. The number of pyridine rings is 1. The van der Waals surface area contributed by atoms with Crippen molar-refractivity contribution in [1.29, 1.82) is 0 Å². The number of rotatable bonds is 6. The first-order valence-electron chi connectivity index (χ1n) is 5.80. The van der Waals surface area contributed by atoms with Crippen LogP contribution in [0.5, 0.6) is 0 Å². The number of unbranched alkanes of at least 4 members (excludes halogenated alkanes) is 1. The number of carbonyl (C=O) groups excluding carboxylic acids is 1. The van der Waals surface area contributed by atoms with Crippen LogP contribution in [0.4, 0.5) is 11.5 Å². The lowest BCUT2D eigenvalue weighted by Crippen LogP contribution is -2.35. The van der Waals surface area contributed by atoms with Gasteiger partial charge in [0.15, 0.2) is 5.82 Å². The number of nitrogens with zero attached hydrogens (tertiary/aromatic N) is 2. The monoisotopic (exact) mass is 236 g/mol. The number of anilines is 2. The number of nitrogen functional groups attached to an aromatic ring is 1. The minimum absolute atomic E-state index is 0.153. The summed E-state index contributed by atoms with van der Waals surface area (Å²) in [5.41, 5.74) is 12.7. The Labute approximate surface area is 102 Å². The van der Waals surface area contributed by atoms with E-state index in [4.69, 9.17) is 11.5 Å². The highest BCUT2D eigenvalue weighted by Gasteiger charge is 2.13. The zero-order chi connectivity index (χ0) is 12.8. The van der Waals surface area contributed by atoms with Crippen molar-refractivity contribution in [3.05, 3.63) is 17.8 Å². The molecular formula is C12H20N4O. The average molecular weight is 236 g/mol. The van der Waals surface area contributed by atoms with E-state index >= 15 is 0 Å². The fourth-order valence-corrected chi connectivity index (χ4v) is 1.65. The van der Waals surface area contributed by atoms with Crippen molar-refractivity contribution in [3.8, 4) is 0 Å². The highest BCUT2D eigenvalue weighted by Crippen LogP contribution is 2.21. The maximum absolute atomic E-state index is 11.0. The molecule has 5 nitrogen and oxygen atoms in total. The van der Waals surface area contributed by atoms with Gasteiger partial charge in [-0.3, -0.25) is 4.79 Å². The van der Waals surface area contributed by atoms with Crippen LogP contribution >= 0.6 is 0 Å². The van der Waals surface area contributed by atoms with Crippen molar-refractivity contribution < 1.29 is 4.79 Å². The van der Waals surface area contributed by atoms with Crippen LogP contribution < -0.4 is 16.4 Å². The van der Waals surface area contributed by atoms with Gasteiger partial charge in [-0.05, 0) is 25.0 Å². The van der Waals surface area contributed by atoms with Crippen molar-refractivity contribution >= 4 is 17.4 Å². The van der Waals surface area contributed by atoms with Crippen molar-refractivity contribution in [2.24, 2.45) is 5.73 Å². The Hall–Kier alpha value is -1.78. The standard InChI is InChI=1S/C12H20N4O/c1-3-4-5-16(8-11(14)17)12-10(13)6-9(2)7-15-12/h6-7H,3-5,8,13H2,1-2H3,(H2,14,17). The minimum Gasteiger partial charge on any atom is -0.396 e. The van der Waals surface area contributed by atoms with Gasteiger partial charge in [0.25, 0.3) is 0 Å². The highest BCUT2D eigenvalue weighted by molar-refractivity contribution is 5.80. The van der Waals surface area contributed by atoms with Crippen molar-refractivity contribution in [2.75, 3.05) is 23.7 Å². The molecule has 1 aromatic heterocycles. The zero-order valence-corrected chi connectivity index (χ0v) is 10.4. The maximum Gasteiger partial charge on any atom is 0.236 e. The van der Waals surface area contributed by atoms with Crippen LogP contribution in [-0.4, -0.2) is 24.0 Å². The molecule has 0 saturated carbocycles. The molecule has 0 saturated heterocycles. The van der Waals surface area contributed by atoms with Gasteiger partial charge in [-0.15, -0.1) is 0 Å². The number of nitrogens with two attached hydrogens (primary N) is 2. The minimum atomic E-state index is -0.372. The Morgan fingerprint density at radius 2 is 2.24 bits per heavy atom. The van der Waals surface area contributed by atoms with Gasteiger partial charge in [0, 0.05) is 12.7 Å². The molecule has 1 aromatic rings. The predicted molar refractivity (Wildman–Crippen MR) is 69.7 cm³/mol. The molecule has 1 rings (SSSR count). The smallest absolute Gasteiger partial charge is 0.236 e. The number of amides is 1. The first-order chi connectivity index (χ1) is 8.04. The number of carbonyl (C=O) groups is 1. The van der Waals surface area contributed by atoms with Crippen molar-refractivity contribution in [3.63, 3.8) is 0 Å². The van der Waals surface area contributed by atoms with Gasteiger partial charge in [-0.2, -0.15) is 0 Å². The van der Waals surface area contributed by atoms with Gasteiger partial charge in [0.2, 0.25) is 5.91 Å². The summed E-state index contributed by atoms with van der Waals surface area (Å²) < 4.78 is 0. The van der Waals surface area contributed by atoms with Gasteiger partial charge in [0.1, 0.15) is 0 Å². The van der Waals surface area contributed by atoms with Crippen LogP contribution in [0.3, 0.4) is 0 Å². The lowest BCUT2D eigenvalue weighted by atomic mass is 10.2. The number of hydrogen-bond donors (Lipinski definition) is 2. The molecule has 0 atom stereocenters. The SMILES string of the molecule is CCCCN(CC(N)=O)c1ncc(C)cc1N. The van der Waals surface area contributed by atoms with Crippen LogP contribution in [0, 0.1) is 6.92 Å². The van der Waals surface area contributed by atoms with Gasteiger partial charge >= 0.3 is 0 Å². The summed E-state index contributed by atoms with van der Waals surface area (Å²) in [6, 6.07) is 1.85. The van der Waals surface area contributed by atoms with E-state index in [2.05, 4.69) is 11.9 Å². The summed E-state index contributed by atoms with van der Waals surface area (Å²) in [6.07, 6.45) is 3.76. The third-order valence-corrected chi connectivity index (χ3v) is 2.46. The molecule has 1 heterocycles. The molecule has 0 aliphatic heterocycles. The molecule has 17 heavy (non-hydrogen) atoms. The Morgan fingerprint density at radius 1 is 1.53 bits per heavy atom. The van der Waals surface area contributed by atoms with Crippen molar-refractivity contribution in [2.45, 2.75) is 26.7 Å². The number of aryl methyl sites for hydroxylation is 1. The van der Waals surface area contributed by atoms with Crippen LogP contribution in [0.2, 0.25) is 0 Å². The van der Waals surface area contributed by atoms with E-state index in [1.54, 1.807) is 6.20 Å². The van der Waals surface area contributed by atoms with E-state index in [1.165, 1.54) is 0 Å². The molecule has 0 spiro atoms. The summed E-state index contributed by atoms with van der Waals surface area (Å²) in [7, 11) is 0. The van der Waals surface area contributed by atoms with Gasteiger partial charge in [-0.1, -0.05) is 13.3 Å². The zero-order valence-electron chi connectivity index (χ0n) is 10.4. The second-order valence-corrected chi connectivity index (χ2v) is 4.17. The number of aromatic nitrogens is 1. The van der Waals surface area contributed by atoms with Gasteiger partial charge in [0.05, 0.1) is 12.2 Å². The van der Waals surface area contributed by atoms with E-state index in [-0.39, 0.29) is 12.5 Å². The fourth-order valence-electron chi connectivity index (χ4n) is 1.65. The Kier molecular flexibility index (Phi) is 4.75. The van der Waals surface area contributed by atoms with Crippen LogP contribution in [0.1, 0.15) is 25.3 Å². The van der Waals surface area contributed by atoms with Crippen molar-refractivity contribution in [1.82, 2.24) is 4.98 Å². The molecule has 0 fully saturated rings. The van der Waals surface area contributed by atoms with Crippen LogP contribution in [0.25, 0.3) is 0 Å². The molecule has 94 valence electrons. The Bertz CT molecular complexity index is 392. The molecule has 1 amide bonds. The summed E-state index contributed by atoms with van der Waals surface area (Å²) >= 11 is 0. The van der Waals surface area contributed by atoms with E-state index in [0.29, 0.717) is 11.5 Å². The molecule has 0 radical (unpaired) electrons. The fraction of sp³-hybridized carbons (Fsp3) is 0.500. The maximum atomic E-state index is 11.0. The van der Waals surface area contributed by atoms with Gasteiger partial charge in [-0.25, -0.2) is 4.98 Å². The first kappa shape index (κ1) is 13.3.